The van der Waals surface area contributed by atoms with E-state index >= 15 is 0 Å². The summed E-state index contributed by atoms with van der Waals surface area (Å²) in [7, 11) is 0. The Hall–Kier alpha value is -2.68. The highest BCUT2D eigenvalue weighted by Gasteiger charge is 2.38. The number of alkyl halides is 3. The zero-order chi connectivity index (χ0) is 19.0. The van der Waals surface area contributed by atoms with Crippen LogP contribution in [0.4, 0.5) is 19.1 Å². The molecule has 0 saturated carbocycles. The van der Waals surface area contributed by atoms with Crippen LogP contribution in [0, 0.1) is 0 Å². The van der Waals surface area contributed by atoms with E-state index in [0.29, 0.717) is 29.4 Å². The van der Waals surface area contributed by atoms with Crippen molar-refractivity contribution in [2.75, 3.05) is 11.4 Å². The van der Waals surface area contributed by atoms with Crippen molar-refractivity contribution in [3.8, 4) is 11.3 Å². The predicted molar refractivity (Wildman–Crippen MR) is 95.7 cm³/mol. The van der Waals surface area contributed by atoms with Crippen molar-refractivity contribution in [3.05, 3.63) is 52.6 Å². The topological polar surface area (TPSA) is 51.0 Å². The van der Waals surface area contributed by atoms with Gasteiger partial charge in [0.05, 0.1) is 5.69 Å². The Morgan fingerprint density at radius 2 is 1.85 bits per heavy atom. The third-order valence-electron chi connectivity index (χ3n) is 4.32. The Balaban J connectivity index is 1.81. The van der Waals surface area contributed by atoms with Crippen LogP contribution in [-0.4, -0.2) is 27.0 Å². The average Bonchev–Trinajstić information content (AvgIpc) is 3.25. The average molecular weight is 392 g/mol. The molecule has 0 bridgehead atoms. The van der Waals surface area contributed by atoms with E-state index in [-0.39, 0.29) is 10.6 Å². The lowest BCUT2D eigenvalue weighted by atomic mass is 10.1. The van der Waals surface area contributed by atoms with E-state index in [2.05, 4.69) is 9.97 Å². The SMILES string of the molecule is O=C(c1sc(C(F)(F)F)nc1-c1ccccc1)N1CCCCn2ccnc21. The zero-order valence-electron chi connectivity index (χ0n) is 14.1. The van der Waals surface area contributed by atoms with Crippen molar-refractivity contribution in [1.29, 1.82) is 0 Å². The predicted octanol–water partition coefficient (Wildman–Crippen LogP) is 4.47. The molecular formula is C18H15F3N4OS. The number of halogens is 3. The Morgan fingerprint density at radius 3 is 2.59 bits per heavy atom. The molecule has 3 heterocycles. The van der Waals surface area contributed by atoms with Crippen molar-refractivity contribution >= 4 is 23.2 Å². The summed E-state index contributed by atoms with van der Waals surface area (Å²) in [6, 6.07) is 8.46. The van der Waals surface area contributed by atoms with E-state index in [4.69, 9.17) is 0 Å². The highest BCUT2D eigenvalue weighted by Crippen LogP contribution is 2.38. The molecule has 0 fully saturated rings. The second-order valence-electron chi connectivity index (χ2n) is 6.15. The lowest BCUT2D eigenvalue weighted by molar-refractivity contribution is -0.137. The number of aryl methyl sites for hydroxylation is 1. The van der Waals surface area contributed by atoms with Crippen LogP contribution >= 0.6 is 11.3 Å². The molecule has 2 aromatic heterocycles. The summed E-state index contributed by atoms with van der Waals surface area (Å²) in [6.07, 6.45) is 0.375. The maximum Gasteiger partial charge on any atom is 0.443 e. The van der Waals surface area contributed by atoms with Gasteiger partial charge >= 0.3 is 6.18 Å². The highest BCUT2D eigenvalue weighted by molar-refractivity contribution is 7.14. The van der Waals surface area contributed by atoms with Crippen LogP contribution in [0.15, 0.2) is 42.7 Å². The monoisotopic (exact) mass is 392 g/mol. The van der Waals surface area contributed by atoms with Crippen LogP contribution in [0.2, 0.25) is 0 Å². The first-order valence-electron chi connectivity index (χ1n) is 8.41. The quantitative estimate of drug-likeness (QED) is 0.647. The van der Waals surface area contributed by atoms with Crippen molar-refractivity contribution < 1.29 is 18.0 Å². The molecule has 9 heteroatoms. The van der Waals surface area contributed by atoms with Gasteiger partial charge in [-0.1, -0.05) is 30.3 Å². The molecule has 27 heavy (non-hydrogen) atoms. The second-order valence-corrected chi connectivity index (χ2v) is 7.14. The number of imidazole rings is 1. The minimum atomic E-state index is -4.61. The van der Waals surface area contributed by atoms with Crippen LogP contribution in [0.3, 0.4) is 0 Å². The van der Waals surface area contributed by atoms with Crippen molar-refractivity contribution in [2.45, 2.75) is 25.6 Å². The number of carbonyl (C=O) groups is 1. The highest BCUT2D eigenvalue weighted by atomic mass is 32.1. The largest absolute Gasteiger partial charge is 0.443 e. The summed E-state index contributed by atoms with van der Waals surface area (Å²) < 4.78 is 41.6. The Labute approximate surface area is 157 Å². The molecule has 1 aromatic carbocycles. The first-order valence-corrected chi connectivity index (χ1v) is 9.23. The molecule has 140 valence electrons. The van der Waals surface area contributed by atoms with Gasteiger partial charge in [-0.25, -0.2) is 9.97 Å². The normalized spacial score (nSPS) is 14.7. The van der Waals surface area contributed by atoms with E-state index in [9.17, 15) is 18.0 Å². The first kappa shape index (κ1) is 17.7. The Kier molecular flexibility index (Phi) is 4.47. The van der Waals surface area contributed by atoms with Gasteiger partial charge in [0, 0.05) is 31.0 Å². The molecule has 1 aliphatic heterocycles. The zero-order valence-corrected chi connectivity index (χ0v) is 14.9. The maximum atomic E-state index is 13.3. The number of nitrogens with zero attached hydrogens (tertiary/aromatic N) is 4. The van der Waals surface area contributed by atoms with E-state index < -0.39 is 17.1 Å². The van der Waals surface area contributed by atoms with Gasteiger partial charge < -0.3 is 4.57 Å². The second kappa shape index (κ2) is 6.80. The third kappa shape index (κ3) is 3.34. The standard InChI is InChI=1S/C18H15F3N4OS/c19-18(20,21)16-23-13(12-6-2-1-3-7-12)14(27-16)15(26)25-10-5-4-9-24-11-8-22-17(24)25/h1-3,6-8,11H,4-5,9-10H2. The molecule has 4 rings (SSSR count). The molecule has 0 atom stereocenters. The van der Waals surface area contributed by atoms with Gasteiger partial charge in [-0.15, -0.1) is 11.3 Å². The molecule has 1 aliphatic rings. The van der Waals surface area contributed by atoms with E-state index in [1.54, 1.807) is 42.7 Å². The summed E-state index contributed by atoms with van der Waals surface area (Å²) in [4.78, 5) is 22.6. The van der Waals surface area contributed by atoms with Gasteiger partial charge in [0.25, 0.3) is 5.91 Å². The summed E-state index contributed by atoms with van der Waals surface area (Å²) >= 11 is 0.383. The fraction of sp³-hybridized carbons (Fsp3) is 0.278. The van der Waals surface area contributed by atoms with Crippen LogP contribution in [0.25, 0.3) is 11.3 Å². The Morgan fingerprint density at radius 1 is 1.11 bits per heavy atom. The van der Waals surface area contributed by atoms with Crippen LogP contribution in [-0.2, 0) is 12.7 Å². The van der Waals surface area contributed by atoms with Gasteiger partial charge in [0.2, 0.25) is 5.95 Å². The van der Waals surface area contributed by atoms with Crippen LogP contribution in [0.1, 0.15) is 27.5 Å². The van der Waals surface area contributed by atoms with Crippen molar-refractivity contribution in [1.82, 2.24) is 14.5 Å². The molecule has 0 saturated heterocycles. The summed E-state index contributed by atoms with van der Waals surface area (Å²) in [5.74, 6) is -0.0466. The fourth-order valence-electron chi connectivity index (χ4n) is 3.07. The molecule has 0 spiro atoms. The summed E-state index contributed by atoms with van der Waals surface area (Å²) in [5.41, 5.74) is 0.533. The molecule has 0 unspecified atom stereocenters. The lowest BCUT2D eigenvalue weighted by Gasteiger charge is -2.19. The van der Waals surface area contributed by atoms with Gasteiger partial charge in [0.15, 0.2) is 5.01 Å². The molecule has 3 aromatic rings. The minimum absolute atomic E-state index is 0.0232. The number of hydrogen-bond acceptors (Lipinski definition) is 4. The smallest absolute Gasteiger partial charge is 0.317 e. The molecular weight excluding hydrogens is 377 g/mol. The van der Waals surface area contributed by atoms with E-state index in [1.165, 1.54) is 4.90 Å². The van der Waals surface area contributed by atoms with Gasteiger partial charge in [-0.3, -0.25) is 9.69 Å². The molecule has 0 aliphatic carbocycles. The summed E-state index contributed by atoms with van der Waals surface area (Å²) in [5, 5.41) is -1.03. The van der Waals surface area contributed by atoms with E-state index in [1.807, 2.05) is 4.57 Å². The van der Waals surface area contributed by atoms with Crippen molar-refractivity contribution in [2.24, 2.45) is 0 Å². The van der Waals surface area contributed by atoms with Crippen LogP contribution in [0.5, 0.6) is 0 Å². The van der Waals surface area contributed by atoms with Gasteiger partial charge in [-0.2, -0.15) is 13.2 Å². The number of rotatable bonds is 2. The maximum absolute atomic E-state index is 13.3. The molecule has 5 nitrogen and oxygen atoms in total. The number of aromatic nitrogens is 3. The number of anilines is 1. The third-order valence-corrected chi connectivity index (χ3v) is 5.41. The number of fused-ring (bicyclic) bond motifs is 1. The molecule has 1 amide bonds. The fourth-order valence-corrected chi connectivity index (χ4v) is 3.97. The number of benzene rings is 1. The minimum Gasteiger partial charge on any atom is -0.317 e. The Bertz CT molecular complexity index is 965. The first-order chi connectivity index (χ1) is 12.9. The number of amides is 1. The van der Waals surface area contributed by atoms with Crippen molar-refractivity contribution in [3.63, 3.8) is 0 Å². The van der Waals surface area contributed by atoms with E-state index in [0.717, 1.165) is 19.4 Å². The van der Waals surface area contributed by atoms with Crippen LogP contribution < -0.4 is 4.90 Å². The summed E-state index contributed by atoms with van der Waals surface area (Å²) in [6.45, 7) is 1.13. The van der Waals surface area contributed by atoms with Gasteiger partial charge in [0.1, 0.15) is 4.88 Å². The molecule has 0 radical (unpaired) electrons. The van der Waals surface area contributed by atoms with Gasteiger partial charge in [-0.05, 0) is 12.8 Å². The number of thiazole rings is 1. The molecule has 0 N–H and O–H groups in total. The lowest BCUT2D eigenvalue weighted by Crippen LogP contribution is -2.32. The number of hydrogen-bond donors (Lipinski definition) is 0. The number of carbonyl (C=O) groups excluding carboxylic acids is 1.